The Hall–Kier alpha value is -3.50. The van der Waals surface area contributed by atoms with Crippen LogP contribution in [0.25, 0.3) is 0 Å². The van der Waals surface area contributed by atoms with Crippen LogP contribution in [0.2, 0.25) is 0 Å². The monoisotopic (exact) mass is 760 g/mol. The van der Waals surface area contributed by atoms with E-state index < -0.39 is 60.5 Å². The first-order chi connectivity index (χ1) is 25.1. The van der Waals surface area contributed by atoms with Crippen LogP contribution in [-0.4, -0.2) is 150 Å². The highest BCUT2D eigenvalue weighted by Crippen LogP contribution is 2.14. The third kappa shape index (κ3) is 20.0. The molecule has 19 heteroatoms. The maximum absolute atomic E-state index is 12.6. The van der Waals surface area contributed by atoms with E-state index >= 15 is 0 Å². The number of carbonyl (C=O) groups is 4. The first kappa shape index (κ1) is 47.5. The number of aliphatic hydroxyl groups is 5. The van der Waals surface area contributed by atoms with E-state index in [2.05, 4.69) is 16.0 Å². The van der Waals surface area contributed by atoms with Gasteiger partial charge in [0.05, 0.1) is 6.61 Å². The minimum Gasteiger partial charge on any atom is -0.464 e. The molecule has 1 aliphatic rings. The molecule has 0 aliphatic carbocycles. The first-order valence-electron chi connectivity index (χ1n) is 17.8. The summed E-state index contributed by atoms with van der Waals surface area (Å²) >= 11 is 0. The van der Waals surface area contributed by atoms with Gasteiger partial charge < -0.3 is 56.6 Å². The number of hydrogen-bond donors (Lipinski definition) is 11. The molecule has 0 spiro atoms. The van der Waals surface area contributed by atoms with Gasteiger partial charge >= 0.3 is 5.97 Å². The Bertz CT molecular complexity index is 1190. The van der Waals surface area contributed by atoms with E-state index in [1.54, 1.807) is 0 Å². The van der Waals surface area contributed by atoms with E-state index in [-0.39, 0.29) is 83.3 Å². The zero-order valence-electron chi connectivity index (χ0n) is 30.7. The smallest absolute Gasteiger partial charge is 0.328 e. The van der Waals surface area contributed by atoms with Crippen LogP contribution < -0.4 is 16.0 Å². The van der Waals surface area contributed by atoms with Crippen molar-refractivity contribution < 1.29 is 65.1 Å². The largest absolute Gasteiger partial charge is 0.464 e. The van der Waals surface area contributed by atoms with Gasteiger partial charge in [-0.3, -0.25) is 19.6 Å². The van der Waals surface area contributed by atoms with Crippen LogP contribution in [0.3, 0.4) is 0 Å². The van der Waals surface area contributed by atoms with Gasteiger partial charge in [-0.2, -0.15) is 10.1 Å². The van der Waals surface area contributed by atoms with Gasteiger partial charge in [0, 0.05) is 39.4 Å². The van der Waals surface area contributed by atoms with E-state index in [1.807, 2.05) is 13.8 Å². The summed E-state index contributed by atoms with van der Waals surface area (Å²) in [5.74, 6) is -2.22. The summed E-state index contributed by atoms with van der Waals surface area (Å²) in [6.07, 6.45) is 6.04. The summed E-state index contributed by atoms with van der Waals surface area (Å²) in [7, 11) is 0. The van der Waals surface area contributed by atoms with Crippen LogP contribution in [0.5, 0.6) is 0 Å². The number of amides is 3. The quantitative estimate of drug-likeness (QED) is 0.0158. The summed E-state index contributed by atoms with van der Waals surface area (Å²) < 4.78 is 5.22. The molecule has 1 aliphatic heterocycles. The Morgan fingerprint density at radius 1 is 0.887 bits per heavy atom. The third-order valence-corrected chi connectivity index (χ3v) is 8.27. The highest BCUT2D eigenvalue weighted by atomic mass is 16.5. The number of ether oxygens (including phenoxy) is 1. The van der Waals surface area contributed by atoms with E-state index in [1.165, 1.54) is 37.3 Å². The molecule has 0 saturated carbocycles. The average molecular weight is 761 g/mol. The lowest BCUT2D eigenvalue weighted by atomic mass is 10.0. The van der Waals surface area contributed by atoms with Crippen molar-refractivity contribution in [2.75, 3.05) is 32.9 Å². The molecule has 1 rings (SSSR count). The fraction of sp³-hybridized carbons (Fsp3) is 0.706. The number of hydrogen-bond acceptors (Lipinski definition) is 16. The van der Waals surface area contributed by atoms with Crippen molar-refractivity contribution in [2.45, 2.75) is 109 Å². The Kier molecular flexibility index (Phi) is 23.6. The summed E-state index contributed by atoms with van der Waals surface area (Å²) in [5, 5.41) is 87.9. The van der Waals surface area contributed by atoms with Crippen LogP contribution in [0.1, 0.15) is 72.1 Å². The number of piperazine rings is 1. The van der Waals surface area contributed by atoms with Crippen molar-refractivity contribution in [3.8, 4) is 0 Å². The van der Waals surface area contributed by atoms with E-state index in [0.717, 1.165) is 11.3 Å². The van der Waals surface area contributed by atoms with Crippen molar-refractivity contribution in [3.63, 3.8) is 0 Å². The number of carbonyl (C=O) groups excluding carboxylic acids is 4. The maximum atomic E-state index is 12.6. The maximum Gasteiger partial charge on any atom is 0.328 e. The lowest BCUT2D eigenvalue weighted by Gasteiger charge is -2.28. The summed E-state index contributed by atoms with van der Waals surface area (Å²) in [6.45, 7) is 4.64. The minimum absolute atomic E-state index is 0.0151. The predicted octanol–water partition coefficient (Wildman–Crippen LogP) is -0.950. The number of nitrogens with one attached hydrogen (secondary N) is 3. The molecule has 304 valence electrons. The van der Waals surface area contributed by atoms with Crippen LogP contribution in [0, 0.1) is 11.8 Å². The zero-order valence-corrected chi connectivity index (χ0v) is 30.7. The molecule has 19 nitrogen and oxygen atoms in total. The molecule has 8 atom stereocenters. The molecule has 0 aromatic carbocycles. The topological polar surface area (TPSA) is 285 Å². The summed E-state index contributed by atoms with van der Waals surface area (Å²) in [6, 6.07) is -2.95. The van der Waals surface area contributed by atoms with Gasteiger partial charge in [-0.25, -0.2) is 9.86 Å². The fourth-order valence-electron chi connectivity index (χ4n) is 5.14. The van der Waals surface area contributed by atoms with Crippen LogP contribution in [-0.2, 0) is 23.9 Å². The van der Waals surface area contributed by atoms with E-state index in [0.29, 0.717) is 23.0 Å². The first-order valence-corrected chi connectivity index (χ1v) is 17.8. The van der Waals surface area contributed by atoms with Crippen molar-refractivity contribution in [2.24, 2.45) is 11.8 Å². The summed E-state index contributed by atoms with van der Waals surface area (Å²) in [5.41, 5.74) is 0. The summed E-state index contributed by atoms with van der Waals surface area (Å²) in [4.78, 5) is 49.2. The normalized spacial score (nSPS) is 20.0. The molecule has 1 fully saturated rings. The van der Waals surface area contributed by atoms with Gasteiger partial charge in [-0.15, -0.1) is 0 Å². The Morgan fingerprint density at radius 3 is 2.11 bits per heavy atom. The molecule has 11 N–H and O–H groups in total. The number of aliphatic hydroxyl groups excluding tert-OH is 5. The second kappa shape index (κ2) is 26.3. The molecule has 1 saturated heterocycles. The highest BCUT2D eigenvalue weighted by Gasteiger charge is 2.31. The SMILES string of the molecule is CC(=O)N[C@@H](CCCN(O)C(O)C[C@H](C)CCO)C(=O)OCCC=CC(O)N(O)/C=C/C[C@H]1NC(=O)[C@@H](C=CCN(O)C(O)CC(C)CCO)NC1=O. The Labute approximate surface area is 310 Å². The molecular formula is C34H60N6O13. The van der Waals surface area contributed by atoms with Crippen LogP contribution >= 0.6 is 0 Å². The molecule has 0 aromatic heterocycles. The number of rotatable bonds is 27. The molecule has 0 bridgehead atoms. The molecule has 0 radical (unpaired) electrons. The average Bonchev–Trinajstić information content (AvgIpc) is 3.08. The van der Waals surface area contributed by atoms with Crippen LogP contribution in [0.15, 0.2) is 36.6 Å². The molecular weight excluding hydrogens is 700 g/mol. The standard InChI is InChI=1S/C34H60N6O13/c1-23(13-18-41)21-30(45)39(51)16-7-10-27-33(48)36-26(32(47)37-27)9-6-15-38(50)29(44)12-4-5-20-53-34(49)28(35-25(3)43)11-8-17-40(52)31(46)22-24(2)14-19-42/h4,6-7,10,12,15,23-24,26-31,41-42,44-46,50-52H,5,8-9,11,13-14,16-22H2,1-3H3,(H,35,43)(H,36,48)(H,37,47)/b10-7?,12-4?,15-6+/t23?,24-,26-,27-,28+,29?,30?,31?/m1/s1. The number of nitrogens with zero attached hydrogens (tertiary/aromatic N) is 3. The van der Waals surface area contributed by atoms with Crippen molar-refractivity contribution >= 4 is 23.7 Å². The van der Waals surface area contributed by atoms with Gasteiger partial charge in [0.2, 0.25) is 17.7 Å². The second-order valence-electron chi connectivity index (χ2n) is 13.1. The van der Waals surface area contributed by atoms with Gasteiger partial charge in [-0.05, 0) is 69.3 Å². The van der Waals surface area contributed by atoms with E-state index in [4.69, 9.17) is 14.9 Å². The van der Waals surface area contributed by atoms with Gasteiger partial charge in [-0.1, -0.05) is 38.2 Å². The van der Waals surface area contributed by atoms with Crippen LogP contribution in [0.4, 0.5) is 0 Å². The van der Waals surface area contributed by atoms with Gasteiger partial charge in [0.15, 0.2) is 6.23 Å². The fourth-order valence-corrected chi connectivity index (χ4v) is 5.14. The zero-order chi connectivity index (χ0) is 39.9. The lowest BCUT2D eigenvalue weighted by molar-refractivity contribution is -0.202. The van der Waals surface area contributed by atoms with Gasteiger partial charge in [0.1, 0.15) is 30.6 Å². The Morgan fingerprint density at radius 2 is 1.51 bits per heavy atom. The lowest BCUT2D eigenvalue weighted by Crippen LogP contribution is -2.60. The van der Waals surface area contributed by atoms with Crippen molar-refractivity contribution in [3.05, 3.63) is 36.6 Å². The minimum atomic E-state index is -1.50. The van der Waals surface area contributed by atoms with Crippen molar-refractivity contribution in [1.29, 1.82) is 0 Å². The molecule has 53 heavy (non-hydrogen) atoms. The number of esters is 1. The predicted molar refractivity (Wildman–Crippen MR) is 188 cm³/mol. The second-order valence-corrected chi connectivity index (χ2v) is 13.1. The Balaban J connectivity index is 2.45. The van der Waals surface area contributed by atoms with E-state index in [9.17, 15) is 50.1 Å². The highest BCUT2D eigenvalue weighted by molar-refractivity contribution is 5.98. The molecule has 4 unspecified atom stereocenters. The van der Waals surface area contributed by atoms with Gasteiger partial charge in [0.25, 0.3) is 0 Å². The molecule has 0 aromatic rings. The number of hydroxylamine groups is 6. The molecule has 1 heterocycles. The molecule has 3 amide bonds. The van der Waals surface area contributed by atoms with Crippen molar-refractivity contribution in [1.82, 2.24) is 31.1 Å². The third-order valence-electron chi connectivity index (χ3n) is 8.27.